The Morgan fingerprint density at radius 3 is 2.76 bits per heavy atom. The van der Waals surface area contributed by atoms with Crippen molar-refractivity contribution in [3.05, 3.63) is 29.8 Å². The molecule has 0 aliphatic carbocycles. The predicted molar refractivity (Wildman–Crippen MR) is 77.6 cm³/mol. The number of nitrogens with zero attached hydrogens (tertiary/aromatic N) is 3. The Kier molecular flexibility index (Phi) is 4.14. The Morgan fingerprint density at radius 2 is 2.05 bits per heavy atom. The molecule has 1 aromatic heterocycles. The number of halogens is 1. The first kappa shape index (κ1) is 15.6. The lowest BCUT2D eigenvalue weighted by atomic mass is 9.86. The van der Waals surface area contributed by atoms with Gasteiger partial charge in [0.25, 0.3) is 0 Å². The fourth-order valence-electron chi connectivity index (χ4n) is 2.95. The topological polar surface area (TPSA) is 59.2 Å². The smallest absolute Gasteiger partial charge is 0.338 e. The van der Waals surface area contributed by atoms with Gasteiger partial charge in [-0.2, -0.15) is 0 Å². The number of aromatic nitrogens is 2. The van der Waals surface area contributed by atoms with Crippen molar-refractivity contribution in [3.63, 3.8) is 0 Å². The highest BCUT2D eigenvalue weighted by molar-refractivity contribution is 5.71. The second-order valence-corrected chi connectivity index (χ2v) is 5.76. The van der Waals surface area contributed by atoms with Crippen LogP contribution < -0.4 is 27.9 Å². The average molecular weight is 309 g/mol. The second kappa shape index (κ2) is 5.56. The van der Waals surface area contributed by atoms with Crippen LogP contribution >= 0.6 is 0 Å². The Balaban J connectivity index is 0.00000161. The number of nitrogen functional groups attached to an aromatic ring is 1. The molecule has 0 radical (unpaired) electrons. The molecule has 3 rings (SSSR count). The standard InChI is InChI=1S/C15H21N4O.ClH/c1-4-5-10-18-15(2,3)12-9-7-6-8-11(12)13-14(16)20-17-19(13)18;/h6-9H,4-5,10,16H2,1-3H3;1H/q+1;/p-1. The molecule has 21 heavy (non-hydrogen) atoms. The first-order valence-electron chi connectivity index (χ1n) is 7.12. The first-order chi connectivity index (χ1) is 9.57. The third-order valence-electron chi connectivity index (χ3n) is 4.09. The number of benzene rings is 1. The molecular weight excluding hydrogens is 288 g/mol. The van der Waals surface area contributed by atoms with Gasteiger partial charge in [-0.15, -0.1) is 5.01 Å². The second-order valence-electron chi connectivity index (χ2n) is 5.76. The van der Waals surface area contributed by atoms with Gasteiger partial charge in [-0.3, -0.25) is 4.52 Å². The lowest BCUT2D eigenvalue weighted by Crippen LogP contribution is -3.00. The Hall–Kier alpha value is -1.75. The molecule has 2 aromatic rings. The maximum atomic E-state index is 5.98. The predicted octanol–water partition coefficient (Wildman–Crippen LogP) is -0.798. The van der Waals surface area contributed by atoms with Gasteiger partial charge in [-0.25, -0.2) is 0 Å². The van der Waals surface area contributed by atoms with Crippen LogP contribution in [0.25, 0.3) is 11.3 Å². The van der Waals surface area contributed by atoms with Gasteiger partial charge in [0.15, 0.2) is 0 Å². The minimum Gasteiger partial charge on any atom is -1.00 e. The lowest BCUT2D eigenvalue weighted by Gasteiger charge is -2.36. The number of nitrogens with two attached hydrogens (primary N) is 1. The molecule has 0 saturated carbocycles. The van der Waals surface area contributed by atoms with Crippen molar-refractivity contribution in [3.8, 4) is 11.3 Å². The molecule has 2 heterocycles. The summed E-state index contributed by atoms with van der Waals surface area (Å²) < 4.78 is 5.23. The van der Waals surface area contributed by atoms with Crippen LogP contribution in [-0.2, 0) is 5.54 Å². The van der Waals surface area contributed by atoms with E-state index in [1.165, 1.54) is 5.56 Å². The zero-order chi connectivity index (χ0) is 14.3. The van der Waals surface area contributed by atoms with Crippen LogP contribution in [0.4, 0.5) is 5.88 Å². The van der Waals surface area contributed by atoms with Crippen LogP contribution in [0.15, 0.2) is 28.8 Å². The first-order valence-corrected chi connectivity index (χ1v) is 7.12. The van der Waals surface area contributed by atoms with Gasteiger partial charge in [0.2, 0.25) is 5.27 Å². The third-order valence-corrected chi connectivity index (χ3v) is 4.09. The minimum atomic E-state index is -0.146. The Morgan fingerprint density at radius 1 is 1.33 bits per heavy atom. The Bertz CT molecular complexity index is 638. The van der Waals surface area contributed by atoms with Crippen LogP contribution in [0, 0.1) is 0 Å². The fraction of sp³-hybridized carbons (Fsp3) is 0.467. The third kappa shape index (κ3) is 2.25. The van der Waals surface area contributed by atoms with Crippen molar-refractivity contribution in [2.24, 2.45) is 0 Å². The van der Waals surface area contributed by atoms with E-state index in [0.717, 1.165) is 30.6 Å². The zero-order valence-corrected chi connectivity index (χ0v) is 13.4. The van der Waals surface area contributed by atoms with Crippen molar-refractivity contribution in [2.45, 2.75) is 39.2 Å². The van der Waals surface area contributed by atoms with Crippen molar-refractivity contribution < 1.29 is 21.7 Å². The maximum Gasteiger partial charge on any atom is 0.338 e. The number of rotatable bonds is 3. The van der Waals surface area contributed by atoms with Crippen molar-refractivity contribution in [1.29, 1.82) is 0 Å². The summed E-state index contributed by atoms with van der Waals surface area (Å²) in [6.07, 6.45) is 2.24. The number of anilines is 1. The normalized spacial score (nSPS) is 15.1. The summed E-state index contributed by atoms with van der Waals surface area (Å²) in [7, 11) is 0. The summed E-state index contributed by atoms with van der Waals surface area (Å²) in [5.41, 5.74) is 9.05. The summed E-state index contributed by atoms with van der Waals surface area (Å²) in [6, 6.07) is 8.32. The van der Waals surface area contributed by atoms with Gasteiger partial charge in [0.05, 0.1) is 16.9 Å². The molecule has 1 aromatic carbocycles. The van der Waals surface area contributed by atoms with Crippen molar-refractivity contribution >= 4 is 5.88 Å². The highest BCUT2D eigenvalue weighted by atomic mass is 35.5. The van der Waals surface area contributed by atoms with E-state index in [1.807, 2.05) is 10.9 Å². The molecule has 5 nitrogen and oxygen atoms in total. The minimum absolute atomic E-state index is 0. The molecule has 0 spiro atoms. The lowest BCUT2D eigenvalue weighted by molar-refractivity contribution is -0.759. The van der Waals surface area contributed by atoms with Crippen LogP contribution in [0.1, 0.15) is 39.2 Å². The van der Waals surface area contributed by atoms with Gasteiger partial charge < -0.3 is 18.1 Å². The highest BCUT2D eigenvalue weighted by Gasteiger charge is 2.47. The SMILES string of the molecule is CCCCN1[n+]2noc(N)c2-c2ccccc2C1(C)C.[Cl-]. The van der Waals surface area contributed by atoms with Gasteiger partial charge in [-0.05, 0) is 31.9 Å². The number of hydrogen-bond donors (Lipinski definition) is 1. The summed E-state index contributed by atoms with van der Waals surface area (Å²) in [6.45, 7) is 7.53. The zero-order valence-electron chi connectivity index (χ0n) is 12.6. The summed E-state index contributed by atoms with van der Waals surface area (Å²) in [4.78, 5) is 1.83. The van der Waals surface area contributed by atoms with Gasteiger partial charge >= 0.3 is 11.6 Å². The summed E-state index contributed by atoms with van der Waals surface area (Å²) in [5, 5.41) is 6.36. The van der Waals surface area contributed by atoms with Crippen LogP contribution in [-0.4, -0.2) is 11.8 Å². The van der Waals surface area contributed by atoms with Crippen LogP contribution in [0.5, 0.6) is 0 Å². The number of unbranched alkanes of at least 4 members (excludes halogenated alkanes) is 1. The van der Waals surface area contributed by atoms with Gasteiger partial charge in [0, 0.05) is 0 Å². The van der Waals surface area contributed by atoms with E-state index >= 15 is 0 Å². The molecule has 2 N–H and O–H groups in total. The molecule has 6 heteroatoms. The van der Waals surface area contributed by atoms with Crippen LogP contribution in [0.2, 0.25) is 0 Å². The van der Waals surface area contributed by atoms with Crippen molar-refractivity contribution in [2.75, 3.05) is 17.3 Å². The van der Waals surface area contributed by atoms with Gasteiger partial charge in [0.1, 0.15) is 5.54 Å². The van der Waals surface area contributed by atoms with Gasteiger partial charge in [-0.1, -0.05) is 31.5 Å². The quantitative estimate of drug-likeness (QED) is 0.755. The van der Waals surface area contributed by atoms with E-state index in [1.54, 1.807) is 0 Å². The molecule has 0 unspecified atom stereocenters. The highest BCUT2D eigenvalue weighted by Crippen LogP contribution is 2.38. The molecule has 114 valence electrons. The van der Waals surface area contributed by atoms with E-state index in [0.29, 0.717) is 5.88 Å². The van der Waals surface area contributed by atoms with E-state index in [9.17, 15) is 0 Å². The van der Waals surface area contributed by atoms with Crippen LogP contribution in [0.3, 0.4) is 0 Å². The molecule has 0 amide bonds. The van der Waals surface area contributed by atoms with E-state index in [4.69, 9.17) is 10.3 Å². The molecule has 0 atom stereocenters. The van der Waals surface area contributed by atoms with E-state index in [-0.39, 0.29) is 17.9 Å². The van der Waals surface area contributed by atoms with E-state index < -0.39 is 0 Å². The molecule has 0 bridgehead atoms. The summed E-state index contributed by atoms with van der Waals surface area (Å²) >= 11 is 0. The van der Waals surface area contributed by atoms with Crippen molar-refractivity contribution in [1.82, 2.24) is 5.27 Å². The fourth-order valence-corrected chi connectivity index (χ4v) is 2.95. The molecule has 1 aliphatic heterocycles. The number of fused-ring (bicyclic) bond motifs is 3. The average Bonchev–Trinajstić information content (AvgIpc) is 2.80. The number of hydrogen-bond acceptors (Lipinski definition) is 4. The largest absolute Gasteiger partial charge is 1.00 e. The Labute approximate surface area is 131 Å². The molecule has 0 saturated heterocycles. The monoisotopic (exact) mass is 308 g/mol. The molecule has 0 fully saturated rings. The molecular formula is C15H21ClN4O. The maximum absolute atomic E-state index is 5.98. The van der Waals surface area contributed by atoms with E-state index in [2.05, 4.69) is 49.3 Å². The summed E-state index contributed by atoms with van der Waals surface area (Å²) in [5.74, 6) is 0.370. The molecule has 1 aliphatic rings.